The third-order valence-corrected chi connectivity index (χ3v) is 2.66. The van der Waals surface area contributed by atoms with E-state index in [1.54, 1.807) is 0 Å². The lowest BCUT2D eigenvalue weighted by Gasteiger charge is -2.12. The number of unbranched alkanes of at least 4 members (excludes halogenated alkanes) is 1. The summed E-state index contributed by atoms with van der Waals surface area (Å²) in [6.45, 7) is 2.13. The molecule has 76 valence electrons. The van der Waals surface area contributed by atoms with Crippen LogP contribution in [-0.2, 0) is 4.79 Å². The van der Waals surface area contributed by atoms with Gasteiger partial charge in [0.1, 0.15) is 0 Å². The number of hydrogen-bond donors (Lipinski definition) is 1. The lowest BCUT2D eigenvalue weighted by molar-refractivity contribution is -0.112. The second-order valence-corrected chi connectivity index (χ2v) is 3.88. The van der Waals surface area contributed by atoms with Crippen LogP contribution in [0.25, 0.3) is 0 Å². The predicted octanol–water partition coefficient (Wildman–Crippen LogP) is 3.42. The van der Waals surface area contributed by atoms with E-state index in [4.69, 9.17) is 0 Å². The zero-order valence-electron chi connectivity index (χ0n) is 8.44. The molecule has 0 saturated carbocycles. The van der Waals surface area contributed by atoms with Gasteiger partial charge in [-0.3, -0.25) is 4.79 Å². The van der Waals surface area contributed by atoms with E-state index in [0.717, 1.165) is 24.8 Å². The fraction of sp³-hybridized carbons (Fsp3) is 0.417. The molecule has 0 aliphatic rings. The van der Waals surface area contributed by atoms with Gasteiger partial charge < -0.3 is 0 Å². The van der Waals surface area contributed by atoms with E-state index in [9.17, 15) is 4.79 Å². The van der Waals surface area contributed by atoms with Gasteiger partial charge in [-0.2, -0.15) is 0 Å². The average Bonchev–Trinajstić information content (AvgIpc) is 2.19. The van der Waals surface area contributed by atoms with Crippen molar-refractivity contribution in [3.63, 3.8) is 0 Å². The third kappa shape index (κ3) is 3.18. The molecule has 0 amide bonds. The molecular formula is C12H16OS. The van der Waals surface area contributed by atoms with Crippen molar-refractivity contribution in [2.75, 3.05) is 0 Å². The Bertz CT molecular complexity index is 282. The summed E-state index contributed by atoms with van der Waals surface area (Å²) < 4.78 is 0. The molecule has 0 bridgehead atoms. The molecule has 1 unspecified atom stereocenters. The lowest BCUT2D eigenvalue weighted by atomic mass is 9.95. The van der Waals surface area contributed by atoms with Gasteiger partial charge in [0.2, 0.25) is 0 Å². The van der Waals surface area contributed by atoms with Crippen LogP contribution in [0.5, 0.6) is 0 Å². The van der Waals surface area contributed by atoms with Crippen molar-refractivity contribution < 1.29 is 4.79 Å². The molecule has 0 spiro atoms. The van der Waals surface area contributed by atoms with Crippen LogP contribution in [0.15, 0.2) is 30.3 Å². The minimum absolute atomic E-state index is 0.0235. The SMILES string of the molecule is CCCCC(C(=O)S)c1ccccc1. The van der Waals surface area contributed by atoms with Crippen molar-refractivity contribution in [3.8, 4) is 0 Å². The summed E-state index contributed by atoms with van der Waals surface area (Å²) in [5.41, 5.74) is 1.08. The molecule has 1 aromatic rings. The molecule has 14 heavy (non-hydrogen) atoms. The van der Waals surface area contributed by atoms with Gasteiger partial charge in [-0.15, -0.1) is 12.6 Å². The number of benzene rings is 1. The highest BCUT2D eigenvalue weighted by molar-refractivity contribution is 7.96. The van der Waals surface area contributed by atoms with Crippen molar-refractivity contribution in [1.29, 1.82) is 0 Å². The van der Waals surface area contributed by atoms with E-state index >= 15 is 0 Å². The molecule has 1 aromatic carbocycles. The van der Waals surface area contributed by atoms with Crippen molar-refractivity contribution in [2.24, 2.45) is 0 Å². The van der Waals surface area contributed by atoms with Gasteiger partial charge in [0.25, 0.3) is 0 Å². The van der Waals surface area contributed by atoms with Gasteiger partial charge in [0.15, 0.2) is 5.12 Å². The molecule has 0 aromatic heterocycles. The first kappa shape index (κ1) is 11.3. The highest BCUT2D eigenvalue weighted by atomic mass is 32.1. The molecular weight excluding hydrogens is 192 g/mol. The van der Waals surface area contributed by atoms with E-state index in [2.05, 4.69) is 19.6 Å². The summed E-state index contributed by atoms with van der Waals surface area (Å²) in [5, 5.41) is -0.0235. The quantitative estimate of drug-likeness (QED) is 0.734. The Hall–Kier alpha value is -0.760. The molecule has 2 heteroatoms. The highest BCUT2D eigenvalue weighted by Crippen LogP contribution is 2.24. The Morgan fingerprint density at radius 3 is 2.50 bits per heavy atom. The molecule has 0 aliphatic carbocycles. The molecule has 0 aliphatic heterocycles. The van der Waals surface area contributed by atoms with Gasteiger partial charge in [-0.1, -0.05) is 50.1 Å². The van der Waals surface area contributed by atoms with Crippen molar-refractivity contribution in [2.45, 2.75) is 32.1 Å². The van der Waals surface area contributed by atoms with Gasteiger partial charge in [0, 0.05) is 0 Å². The topological polar surface area (TPSA) is 17.1 Å². The van der Waals surface area contributed by atoms with Crippen LogP contribution < -0.4 is 0 Å². The van der Waals surface area contributed by atoms with E-state index < -0.39 is 0 Å². The normalized spacial score (nSPS) is 12.4. The number of thiol groups is 1. The van der Waals surface area contributed by atoms with Crippen molar-refractivity contribution in [1.82, 2.24) is 0 Å². The third-order valence-electron chi connectivity index (χ3n) is 2.35. The number of carbonyl (C=O) groups excluding carboxylic acids is 1. The van der Waals surface area contributed by atoms with E-state index in [-0.39, 0.29) is 11.0 Å². The zero-order chi connectivity index (χ0) is 10.4. The van der Waals surface area contributed by atoms with Gasteiger partial charge in [0.05, 0.1) is 5.92 Å². The van der Waals surface area contributed by atoms with Gasteiger partial charge in [-0.05, 0) is 12.0 Å². The Labute approximate surface area is 90.9 Å². The molecule has 0 saturated heterocycles. The second kappa shape index (κ2) is 5.86. The molecule has 0 heterocycles. The lowest BCUT2D eigenvalue weighted by Crippen LogP contribution is -2.06. The maximum atomic E-state index is 11.3. The molecule has 0 fully saturated rings. The summed E-state index contributed by atoms with van der Waals surface area (Å²) in [6.07, 6.45) is 3.10. The second-order valence-electron chi connectivity index (χ2n) is 3.44. The summed E-state index contributed by atoms with van der Waals surface area (Å²) in [6, 6.07) is 9.88. The Balaban J connectivity index is 2.73. The van der Waals surface area contributed by atoms with Crippen LogP contribution in [0.3, 0.4) is 0 Å². The first-order valence-corrected chi connectivity index (χ1v) is 5.48. The van der Waals surface area contributed by atoms with Crippen LogP contribution in [0, 0.1) is 0 Å². The van der Waals surface area contributed by atoms with Crippen LogP contribution >= 0.6 is 12.6 Å². The summed E-state index contributed by atoms with van der Waals surface area (Å²) in [7, 11) is 0. The minimum atomic E-state index is -0.0283. The minimum Gasteiger partial charge on any atom is -0.287 e. The maximum Gasteiger partial charge on any atom is 0.193 e. The van der Waals surface area contributed by atoms with Crippen LogP contribution in [-0.4, -0.2) is 5.12 Å². The number of rotatable bonds is 5. The maximum absolute atomic E-state index is 11.3. The molecule has 1 rings (SSSR count). The summed E-state index contributed by atoms with van der Waals surface area (Å²) in [5.74, 6) is -0.0283. The van der Waals surface area contributed by atoms with E-state index in [0.29, 0.717) is 0 Å². The van der Waals surface area contributed by atoms with Crippen molar-refractivity contribution in [3.05, 3.63) is 35.9 Å². The van der Waals surface area contributed by atoms with Crippen LogP contribution in [0.1, 0.15) is 37.7 Å². The predicted molar refractivity (Wildman–Crippen MR) is 62.7 cm³/mol. The highest BCUT2D eigenvalue weighted by Gasteiger charge is 2.15. The molecule has 1 nitrogen and oxygen atoms in total. The van der Waals surface area contributed by atoms with Crippen LogP contribution in [0.2, 0.25) is 0 Å². The monoisotopic (exact) mass is 208 g/mol. The summed E-state index contributed by atoms with van der Waals surface area (Å²) >= 11 is 3.94. The van der Waals surface area contributed by atoms with Gasteiger partial charge >= 0.3 is 0 Å². The Kier molecular flexibility index (Phi) is 4.74. The van der Waals surface area contributed by atoms with Crippen molar-refractivity contribution >= 4 is 17.7 Å². The fourth-order valence-electron chi connectivity index (χ4n) is 1.53. The van der Waals surface area contributed by atoms with E-state index in [1.165, 1.54) is 0 Å². The fourth-order valence-corrected chi connectivity index (χ4v) is 1.80. The zero-order valence-corrected chi connectivity index (χ0v) is 9.34. The smallest absolute Gasteiger partial charge is 0.193 e. The first-order valence-electron chi connectivity index (χ1n) is 5.03. The summed E-state index contributed by atoms with van der Waals surface area (Å²) in [4.78, 5) is 11.3. The molecule has 0 radical (unpaired) electrons. The molecule has 1 atom stereocenters. The largest absolute Gasteiger partial charge is 0.287 e. The standard InChI is InChI=1S/C12H16OS/c1-2-3-9-11(12(13)14)10-7-5-4-6-8-10/h4-8,11H,2-3,9H2,1H3,(H,13,14). The van der Waals surface area contributed by atoms with Crippen LogP contribution in [0.4, 0.5) is 0 Å². The average molecular weight is 208 g/mol. The Morgan fingerprint density at radius 2 is 2.00 bits per heavy atom. The molecule has 0 N–H and O–H groups in total. The Morgan fingerprint density at radius 1 is 1.36 bits per heavy atom. The van der Waals surface area contributed by atoms with Gasteiger partial charge in [-0.25, -0.2) is 0 Å². The number of hydrogen-bond acceptors (Lipinski definition) is 1. The first-order chi connectivity index (χ1) is 6.75. The number of carbonyl (C=O) groups is 1. The van der Waals surface area contributed by atoms with E-state index in [1.807, 2.05) is 30.3 Å².